The molecule has 21 heavy (non-hydrogen) atoms. The van der Waals surface area contributed by atoms with Crippen molar-refractivity contribution in [1.82, 2.24) is 15.5 Å². The predicted molar refractivity (Wildman–Crippen MR) is 81.4 cm³/mol. The average Bonchev–Trinajstić information content (AvgIpc) is 3.00. The van der Waals surface area contributed by atoms with Crippen LogP contribution < -0.4 is 10.6 Å². The van der Waals surface area contributed by atoms with Crippen LogP contribution in [0.4, 0.5) is 4.79 Å². The molecule has 2 aliphatic rings. The van der Waals surface area contributed by atoms with Crippen molar-refractivity contribution in [3.05, 3.63) is 0 Å². The fraction of sp³-hybridized carbons (Fsp3) is 0.933. The summed E-state index contributed by atoms with van der Waals surface area (Å²) in [6.07, 6.45) is 2.27. The second kappa shape index (κ2) is 7.42. The number of nitrogens with one attached hydrogen (secondary N) is 2. The zero-order valence-corrected chi connectivity index (χ0v) is 13.5. The van der Waals surface area contributed by atoms with Crippen LogP contribution >= 0.6 is 0 Å². The summed E-state index contributed by atoms with van der Waals surface area (Å²) < 4.78 is 11.0. The normalized spacial score (nSPS) is 25.6. The largest absolute Gasteiger partial charge is 0.379 e. The van der Waals surface area contributed by atoms with Gasteiger partial charge in [-0.3, -0.25) is 4.90 Å². The molecule has 2 atom stereocenters. The van der Waals surface area contributed by atoms with Crippen molar-refractivity contribution in [2.45, 2.75) is 51.3 Å². The van der Waals surface area contributed by atoms with E-state index in [-0.39, 0.29) is 23.7 Å². The fourth-order valence-corrected chi connectivity index (χ4v) is 2.92. The van der Waals surface area contributed by atoms with Gasteiger partial charge in [0, 0.05) is 31.8 Å². The molecule has 2 fully saturated rings. The average molecular weight is 299 g/mol. The molecule has 0 saturated carbocycles. The minimum Gasteiger partial charge on any atom is -0.379 e. The molecule has 2 aliphatic heterocycles. The van der Waals surface area contributed by atoms with Gasteiger partial charge in [0.05, 0.1) is 25.4 Å². The first-order chi connectivity index (χ1) is 9.99. The Hall–Kier alpha value is -0.850. The summed E-state index contributed by atoms with van der Waals surface area (Å²) in [5.74, 6) is 0. The lowest BCUT2D eigenvalue weighted by atomic mass is 10.0. The maximum Gasteiger partial charge on any atom is 0.315 e. The molecule has 2 N–H and O–H groups in total. The van der Waals surface area contributed by atoms with Crippen molar-refractivity contribution in [3.63, 3.8) is 0 Å². The lowest BCUT2D eigenvalue weighted by Crippen LogP contribution is -2.57. The van der Waals surface area contributed by atoms with E-state index in [9.17, 15) is 4.79 Å². The summed E-state index contributed by atoms with van der Waals surface area (Å²) in [4.78, 5) is 14.4. The Bertz CT molecular complexity index is 337. The molecule has 0 aromatic heterocycles. The third-order valence-electron chi connectivity index (χ3n) is 4.43. The first kappa shape index (κ1) is 16.5. The van der Waals surface area contributed by atoms with E-state index >= 15 is 0 Å². The van der Waals surface area contributed by atoms with E-state index < -0.39 is 0 Å². The Morgan fingerprint density at radius 3 is 2.67 bits per heavy atom. The first-order valence-corrected chi connectivity index (χ1v) is 7.98. The highest BCUT2D eigenvalue weighted by Gasteiger charge is 2.29. The topological polar surface area (TPSA) is 62.8 Å². The summed E-state index contributed by atoms with van der Waals surface area (Å²) in [5, 5.41) is 5.97. The van der Waals surface area contributed by atoms with Crippen LogP contribution in [0.2, 0.25) is 0 Å². The number of urea groups is 1. The molecule has 0 spiro atoms. The molecule has 122 valence electrons. The molecule has 2 amide bonds. The molecule has 6 heteroatoms. The van der Waals surface area contributed by atoms with Crippen LogP contribution in [-0.2, 0) is 9.47 Å². The number of hydrogen-bond acceptors (Lipinski definition) is 4. The zero-order valence-electron chi connectivity index (χ0n) is 13.5. The van der Waals surface area contributed by atoms with Crippen molar-refractivity contribution in [1.29, 1.82) is 0 Å². The zero-order chi connectivity index (χ0) is 15.3. The molecule has 0 aromatic rings. The predicted octanol–water partition coefficient (Wildman–Crippen LogP) is 0.964. The summed E-state index contributed by atoms with van der Waals surface area (Å²) in [6.45, 7) is 11.1. The second-order valence-corrected chi connectivity index (χ2v) is 6.58. The minimum atomic E-state index is -0.112. The number of amides is 2. The third kappa shape index (κ3) is 4.83. The maximum absolute atomic E-state index is 12.0. The number of hydrogen-bond donors (Lipinski definition) is 2. The van der Waals surface area contributed by atoms with Crippen molar-refractivity contribution in [2.24, 2.45) is 0 Å². The van der Waals surface area contributed by atoms with E-state index in [0.717, 1.165) is 45.8 Å². The third-order valence-corrected chi connectivity index (χ3v) is 4.43. The number of nitrogens with zero attached hydrogens (tertiary/aromatic N) is 1. The Morgan fingerprint density at radius 1 is 1.33 bits per heavy atom. The molecular weight excluding hydrogens is 270 g/mol. The standard InChI is InChI=1S/C15H29N3O3/c1-12(13-5-4-8-21-13)17-14(19)16-11-15(2,3)18-6-9-20-10-7-18/h12-13H,4-11H2,1-3H3,(H2,16,17,19). The van der Waals surface area contributed by atoms with Crippen LogP contribution in [0, 0.1) is 0 Å². The van der Waals surface area contributed by atoms with Crippen molar-refractivity contribution in [2.75, 3.05) is 39.5 Å². The van der Waals surface area contributed by atoms with Gasteiger partial charge < -0.3 is 20.1 Å². The van der Waals surface area contributed by atoms with Gasteiger partial charge >= 0.3 is 6.03 Å². The molecule has 2 rings (SSSR count). The Balaban J connectivity index is 1.71. The van der Waals surface area contributed by atoms with E-state index in [1.807, 2.05) is 6.92 Å². The number of carbonyl (C=O) groups is 1. The van der Waals surface area contributed by atoms with E-state index in [2.05, 4.69) is 29.4 Å². The summed E-state index contributed by atoms with van der Waals surface area (Å²) >= 11 is 0. The van der Waals surface area contributed by atoms with Crippen molar-refractivity contribution in [3.8, 4) is 0 Å². The number of carbonyl (C=O) groups excluding carboxylic acids is 1. The highest BCUT2D eigenvalue weighted by molar-refractivity contribution is 5.74. The maximum atomic E-state index is 12.0. The van der Waals surface area contributed by atoms with Gasteiger partial charge in [0.1, 0.15) is 0 Å². The molecular formula is C15H29N3O3. The summed E-state index contributed by atoms with van der Waals surface area (Å²) in [6, 6.07) is -0.0571. The lowest BCUT2D eigenvalue weighted by Gasteiger charge is -2.40. The highest BCUT2D eigenvalue weighted by atomic mass is 16.5. The van der Waals surface area contributed by atoms with Gasteiger partial charge in [-0.2, -0.15) is 0 Å². The second-order valence-electron chi connectivity index (χ2n) is 6.58. The first-order valence-electron chi connectivity index (χ1n) is 7.98. The number of morpholine rings is 1. The molecule has 2 heterocycles. The van der Waals surface area contributed by atoms with E-state index in [0.29, 0.717) is 6.54 Å². The van der Waals surface area contributed by atoms with Crippen molar-refractivity contribution < 1.29 is 14.3 Å². The van der Waals surface area contributed by atoms with E-state index in [1.54, 1.807) is 0 Å². The van der Waals surface area contributed by atoms with Crippen LogP contribution in [-0.4, -0.2) is 68.1 Å². The van der Waals surface area contributed by atoms with Gasteiger partial charge in [0.25, 0.3) is 0 Å². The molecule has 0 radical (unpaired) electrons. The molecule has 0 bridgehead atoms. The number of ether oxygens (including phenoxy) is 2. The quantitative estimate of drug-likeness (QED) is 0.794. The SMILES string of the molecule is CC(NC(=O)NCC(C)(C)N1CCOCC1)C1CCCO1. The molecule has 2 saturated heterocycles. The van der Waals surface area contributed by atoms with Gasteiger partial charge in [0.15, 0.2) is 0 Å². The van der Waals surface area contributed by atoms with E-state index in [4.69, 9.17) is 9.47 Å². The van der Waals surface area contributed by atoms with Gasteiger partial charge in [-0.15, -0.1) is 0 Å². The monoisotopic (exact) mass is 299 g/mol. The summed E-state index contributed by atoms with van der Waals surface area (Å²) in [5.41, 5.74) is -0.0613. The van der Waals surface area contributed by atoms with Crippen LogP contribution in [0.25, 0.3) is 0 Å². The molecule has 0 aromatic carbocycles. The van der Waals surface area contributed by atoms with Crippen molar-refractivity contribution >= 4 is 6.03 Å². The molecule has 0 aliphatic carbocycles. The van der Waals surface area contributed by atoms with Gasteiger partial charge in [0.2, 0.25) is 0 Å². The van der Waals surface area contributed by atoms with Crippen LogP contribution in [0.15, 0.2) is 0 Å². The summed E-state index contributed by atoms with van der Waals surface area (Å²) in [7, 11) is 0. The lowest BCUT2D eigenvalue weighted by molar-refractivity contribution is -0.00882. The van der Waals surface area contributed by atoms with Gasteiger partial charge in [-0.05, 0) is 33.6 Å². The molecule has 6 nitrogen and oxygen atoms in total. The van der Waals surface area contributed by atoms with Gasteiger partial charge in [-0.1, -0.05) is 0 Å². The van der Waals surface area contributed by atoms with Crippen LogP contribution in [0.3, 0.4) is 0 Å². The highest BCUT2D eigenvalue weighted by Crippen LogP contribution is 2.16. The van der Waals surface area contributed by atoms with Crippen LogP contribution in [0.1, 0.15) is 33.6 Å². The van der Waals surface area contributed by atoms with E-state index in [1.165, 1.54) is 0 Å². The Labute approximate surface area is 127 Å². The Kier molecular flexibility index (Phi) is 5.84. The smallest absolute Gasteiger partial charge is 0.315 e. The number of rotatable bonds is 5. The fourth-order valence-electron chi connectivity index (χ4n) is 2.92. The molecule has 2 unspecified atom stereocenters. The van der Waals surface area contributed by atoms with Crippen LogP contribution in [0.5, 0.6) is 0 Å². The van der Waals surface area contributed by atoms with Gasteiger partial charge in [-0.25, -0.2) is 4.79 Å². The minimum absolute atomic E-state index is 0.0546. The Morgan fingerprint density at radius 2 is 2.05 bits per heavy atom.